The van der Waals surface area contributed by atoms with E-state index in [0.29, 0.717) is 19.5 Å². The first-order valence-corrected chi connectivity index (χ1v) is 7.48. The maximum atomic E-state index is 12.0. The van der Waals surface area contributed by atoms with E-state index in [1.54, 1.807) is 0 Å². The molecule has 1 atom stereocenters. The molecule has 0 radical (unpaired) electrons. The Morgan fingerprint density at radius 3 is 2.57 bits per heavy atom. The molecule has 0 bridgehead atoms. The summed E-state index contributed by atoms with van der Waals surface area (Å²) in [5.74, 6) is -0.264. The van der Waals surface area contributed by atoms with Crippen LogP contribution < -0.4 is 16.4 Å². The highest BCUT2D eigenvalue weighted by atomic mass is 16.2. The van der Waals surface area contributed by atoms with Gasteiger partial charge in [-0.05, 0) is 24.9 Å². The molecule has 5 nitrogen and oxygen atoms in total. The molecule has 1 unspecified atom stereocenters. The van der Waals surface area contributed by atoms with Gasteiger partial charge in [0.25, 0.3) is 0 Å². The lowest BCUT2D eigenvalue weighted by Gasteiger charge is -2.18. The fourth-order valence-electron chi connectivity index (χ4n) is 2.02. The zero-order valence-corrected chi connectivity index (χ0v) is 12.6. The predicted molar refractivity (Wildman–Crippen MR) is 83.7 cm³/mol. The molecule has 0 saturated heterocycles. The van der Waals surface area contributed by atoms with Gasteiger partial charge < -0.3 is 16.4 Å². The number of carbonyl (C=O) groups is 2. The van der Waals surface area contributed by atoms with E-state index in [4.69, 9.17) is 5.73 Å². The Bertz CT molecular complexity index is 434. The van der Waals surface area contributed by atoms with Crippen LogP contribution in [0.3, 0.4) is 0 Å². The summed E-state index contributed by atoms with van der Waals surface area (Å²) in [5.41, 5.74) is 6.33. The van der Waals surface area contributed by atoms with Crippen molar-refractivity contribution in [3.63, 3.8) is 0 Å². The van der Waals surface area contributed by atoms with Crippen LogP contribution in [0.15, 0.2) is 30.3 Å². The predicted octanol–water partition coefficient (Wildman–Crippen LogP) is 0.979. The molecule has 0 aromatic heterocycles. The van der Waals surface area contributed by atoms with Crippen molar-refractivity contribution in [2.24, 2.45) is 5.73 Å². The normalized spacial score (nSPS) is 11.7. The quantitative estimate of drug-likeness (QED) is 0.593. The molecule has 5 heteroatoms. The molecule has 1 aromatic carbocycles. The fraction of sp³-hybridized carbons (Fsp3) is 0.500. The smallest absolute Gasteiger partial charge is 0.242 e. The van der Waals surface area contributed by atoms with E-state index < -0.39 is 6.04 Å². The van der Waals surface area contributed by atoms with Gasteiger partial charge in [-0.15, -0.1) is 0 Å². The Kier molecular flexibility index (Phi) is 8.12. The van der Waals surface area contributed by atoms with Crippen LogP contribution in [0, 0.1) is 0 Å². The first-order valence-electron chi connectivity index (χ1n) is 7.48. The van der Waals surface area contributed by atoms with Gasteiger partial charge in [-0.1, -0.05) is 43.7 Å². The van der Waals surface area contributed by atoms with Gasteiger partial charge >= 0.3 is 0 Å². The zero-order valence-electron chi connectivity index (χ0n) is 12.6. The van der Waals surface area contributed by atoms with Crippen LogP contribution >= 0.6 is 0 Å². The maximum absolute atomic E-state index is 12.0. The van der Waals surface area contributed by atoms with Crippen LogP contribution in [0.5, 0.6) is 0 Å². The van der Waals surface area contributed by atoms with E-state index in [0.717, 1.165) is 18.4 Å². The van der Waals surface area contributed by atoms with Crippen molar-refractivity contribution in [3.8, 4) is 0 Å². The SMILES string of the molecule is CCCC(NC(=O)Cc1ccccc1)C(=O)NCCCN. The van der Waals surface area contributed by atoms with Gasteiger partial charge in [-0.3, -0.25) is 9.59 Å². The number of nitrogens with one attached hydrogen (secondary N) is 2. The van der Waals surface area contributed by atoms with Gasteiger partial charge in [0, 0.05) is 6.54 Å². The van der Waals surface area contributed by atoms with Crippen LogP contribution in [0.4, 0.5) is 0 Å². The molecule has 0 aliphatic heterocycles. The summed E-state index contributed by atoms with van der Waals surface area (Å²) in [6.07, 6.45) is 2.50. The lowest BCUT2D eigenvalue weighted by atomic mass is 10.1. The molecule has 0 heterocycles. The minimum Gasteiger partial charge on any atom is -0.354 e. The third-order valence-electron chi connectivity index (χ3n) is 3.12. The van der Waals surface area contributed by atoms with E-state index in [1.807, 2.05) is 37.3 Å². The number of hydrogen-bond acceptors (Lipinski definition) is 3. The van der Waals surface area contributed by atoms with E-state index in [1.165, 1.54) is 0 Å². The molecule has 0 fully saturated rings. The molecule has 1 rings (SSSR count). The van der Waals surface area contributed by atoms with Crippen LogP contribution in [0.1, 0.15) is 31.7 Å². The van der Waals surface area contributed by atoms with Crippen molar-refractivity contribution < 1.29 is 9.59 Å². The average Bonchev–Trinajstić information content (AvgIpc) is 2.48. The van der Waals surface area contributed by atoms with Crippen molar-refractivity contribution >= 4 is 11.8 Å². The number of amides is 2. The molecule has 0 spiro atoms. The minimum absolute atomic E-state index is 0.131. The van der Waals surface area contributed by atoms with Crippen LogP contribution in [-0.4, -0.2) is 30.9 Å². The van der Waals surface area contributed by atoms with Crippen LogP contribution in [-0.2, 0) is 16.0 Å². The molecule has 116 valence electrons. The van der Waals surface area contributed by atoms with E-state index in [-0.39, 0.29) is 18.2 Å². The number of hydrogen-bond donors (Lipinski definition) is 3. The van der Waals surface area contributed by atoms with Gasteiger partial charge in [-0.2, -0.15) is 0 Å². The summed E-state index contributed by atoms with van der Waals surface area (Å²) in [6, 6.07) is 9.03. The van der Waals surface area contributed by atoms with Crippen molar-refractivity contribution in [1.29, 1.82) is 0 Å². The van der Waals surface area contributed by atoms with Gasteiger partial charge in [0.2, 0.25) is 11.8 Å². The maximum Gasteiger partial charge on any atom is 0.242 e. The summed E-state index contributed by atoms with van der Waals surface area (Å²) < 4.78 is 0. The first kappa shape index (κ1) is 17.2. The van der Waals surface area contributed by atoms with E-state index in [9.17, 15) is 9.59 Å². The zero-order chi connectivity index (χ0) is 15.5. The summed E-state index contributed by atoms with van der Waals surface area (Å²) in [5, 5.41) is 5.61. The lowest BCUT2D eigenvalue weighted by Crippen LogP contribution is -2.47. The molecule has 0 saturated carbocycles. The van der Waals surface area contributed by atoms with Crippen molar-refractivity contribution in [2.75, 3.05) is 13.1 Å². The van der Waals surface area contributed by atoms with E-state index in [2.05, 4.69) is 10.6 Å². The molecular formula is C16H25N3O2. The van der Waals surface area contributed by atoms with Crippen molar-refractivity contribution in [1.82, 2.24) is 10.6 Å². The number of benzene rings is 1. The standard InChI is InChI=1S/C16H25N3O2/c1-2-7-14(16(21)18-11-6-10-17)19-15(20)12-13-8-4-3-5-9-13/h3-5,8-9,14H,2,6-7,10-12,17H2,1H3,(H,18,21)(H,19,20). The van der Waals surface area contributed by atoms with Crippen LogP contribution in [0.25, 0.3) is 0 Å². The second-order valence-corrected chi connectivity index (χ2v) is 5.00. The molecule has 21 heavy (non-hydrogen) atoms. The van der Waals surface area contributed by atoms with Crippen molar-refractivity contribution in [2.45, 2.75) is 38.6 Å². The summed E-state index contributed by atoms with van der Waals surface area (Å²) >= 11 is 0. The molecular weight excluding hydrogens is 266 g/mol. The van der Waals surface area contributed by atoms with Crippen molar-refractivity contribution in [3.05, 3.63) is 35.9 Å². The highest BCUT2D eigenvalue weighted by molar-refractivity contribution is 5.88. The third-order valence-corrected chi connectivity index (χ3v) is 3.12. The van der Waals surface area contributed by atoms with Gasteiger partial charge in [0.15, 0.2) is 0 Å². The molecule has 4 N–H and O–H groups in total. The summed E-state index contributed by atoms with van der Waals surface area (Å²) in [6.45, 7) is 3.08. The molecule has 1 aromatic rings. The molecule has 0 aliphatic carbocycles. The van der Waals surface area contributed by atoms with E-state index >= 15 is 0 Å². The Hall–Kier alpha value is -1.88. The lowest BCUT2D eigenvalue weighted by molar-refractivity contribution is -0.128. The Balaban J connectivity index is 2.48. The second kappa shape index (κ2) is 9.94. The van der Waals surface area contributed by atoms with Crippen LogP contribution in [0.2, 0.25) is 0 Å². The van der Waals surface area contributed by atoms with Gasteiger partial charge in [0.05, 0.1) is 6.42 Å². The third kappa shape index (κ3) is 6.90. The summed E-state index contributed by atoms with van der Waals surface area (Å²) in [7, 11) is 0. The number of nitrogens with two attached hydrogens (primary N) is 1. The highest BCUT2D eigenvalue weighted by Crippen LogP contribution is 2.02. The largest absolute Gasteiger partial charge is 0.354 e. The fourth-order valence-corrected chi connectivity index (χ4v) is 2.02. The number of rotatable bonds is 9. The highest BCUT2D eigenvalue weighted by Gasteiger charge is 2.19. The summed E-state index contributed by atoms with van der Waals surface area (Å²) in [4.78, 5) is 24.1. The second-order valence-electron chi connectivity index (χ2n) is 5.00. The monoisotopic (exact) mass is 291 g/mol. The minimum atomic E-state index is -0.469. The topological polar surface area (TPSA) is 84.2 Å². The Morgan fingerprint density at radius 1 is 1.24 bits per heavy atom. The van der Waals surface area contributed by atoms with Gasteiger partial charge in [0.1, 0.15) is 6.04 Å². The average molecular weight is 291 g/mol. The molecule has 0 aliphatic rings. The van der Waals surface area contributed by atoms with Gasteiger partial charge in [-0.25, -0.2) is 0 Å². The first-order chi connectivity index (χ1) is 10.2. The number of carbonyl (C=O) groups excluding carboxylic acids is 2. The Labute approximate surface area is 126 Å². The molecule has 2 amide bonds. The Morgan fingerprint density at radius 2 is 1.95 bits per heavy atom.